The lowest BCUT2D eigenvalue weighted by atomic mass is 10.1. The van der Waals surface area contributed by atoms with E-state index in [2.05, 4.69) is 10.6 Å². The number of carbonyl (C=O) groups is 1. The minimum Gasteiger partial charge on any atom is -0.385 e. The highest BCUT2D eigenvalue weighted by molar-refractivity contribution is 6.00. The number of para-hydroxylation sites is 1. The maximum absolute atomic E-state index is 12.4. The van der Waals surface area contributed by atoms with Gasteiger partial charge in [0.25, 0.3) is 11.6 Å². The first kappa shape index (κ1) is 18.3. The van der Waals surface area contributed by atoms with Crippen LogP contribution in [0.4, 0.5) is 17.1 Å². The molecule has 0 radical (unpaired) electrons. The third-order valence-electron chi connectivity index (χ3n) is 3.66. The Morgan fingerprint density at radius 3 is 2.48 bits per heavy atom. The van der Waals surface area contributed by atoms with Gasteiger partial charge >= 0.3 is 0 Å². The van der Waals surface area contributed by atoms with Crippen molar-refractivity contribution in [3.8, 4) is 0 Å². The Labute approximate surface area is 146 Å². The first-order chi connectivity index (χ1) is 12.0. The fraction of sp³-hybridized carbons (Fsp3) is 0.278. The zero-order valence-electron chi connectivity index (χ0n) is 14.4. The lowest BCUT2D eigenvalue weighted by Gasteiger charge is -2.17. The fourth-order valence-corrected chi connectivity index (χ4v) is 2.38. The maximum Gasteiger partial charge on any atom is 0.270 e. The van der Waals surface area contributed by atoms with Crippen molar-refractivity contribution < 1.29 is 9.72 Å². The average molecular weight is 342 g/mol. The van der Waals surface area contributed by atoms with Crippen molar-refractivity contribution in [2.24, 2.45) is 0 Å². The van der Waals surface area contributed by atoms with Crippen LogP contribution in [0.2, 0.25) is 0 Å². The molecule has 2 aromatic rings. The number of carbonyl (C=O) groups excluding carboxylic acids is 1. The molecule has 0 saturated heterocycles. The smallest absolute Gasteiger partial charge is 0.270 e. The van der Waals surface area contributed by atoms with Gasteiger partial charge in [-0.25, -0.2) is 0 Å². The molecule has 2 aromatic carbocycles. The van der Waals surface area contributed by atoms with Crippen molar-refractivity contribution in [1.82, 2.24) is 5.32 Å². The molecular formula is C18H22N4O3. The number of nitro groups is 1. The predicted octanol–water partition coefficient (Wildman–Crippen LogP) is 2.89. The summed E-state index contributed by atoms with van der Waals surface area (Å²) >= 11 is 0. The number of nitrogens with one attached hydrogen (secondary N) is 2. The van der Waals surface area contributed by atoms with Gasteiger partial charge in [-0.3, -0.25) is 14.9 Å². The Kier molecular flexibility index (Phi) is 6.33. The number of nitro benzene ring substituents is 1. The molecule has 0 aromatic heterocycles. The third kappa shape index (κ3) is 5.20. The van der Waals surface area contributed by atoms with Gasteiger partial charge in [0, 0.05) is 50.7 Å². The molecule has 0 saturated carbocycles. The van der Waals surface area contributed by atoms with E-state index in [1.165, 1.54) is 12.1 Å². The Hall–Kier alpha value is -3.09. The summed E-state index contributed by atoms with van der Waals surface area (Å²) < 4.78 is 0. The molecule has 25 heavy (non-hydrogen) atoms. The van der Waals surface area contributed by atoms with E-state index in [0.29, 0.717) is 17.8 Å². The molecule has 0 fully saturated rings. The molecule has 0 heterocycles. The highest BCUT2D eigenvalue weighted by Gasteiger charge is 2.17. The molecule has 0 atom stereocenters. The van der Waals surface area contributed by atoms with E-state index in [0.717, 1.165) is 18.7 Å². The van der Waals surface area contributed by atoms with E-state index in [1.807, 2.05) is 30.3 Å². The topological polar surface area (TPSA) is 87.5 Å². The highest BCUT2D eigenvalue weighted by Crippen LogP contribution is 2.24. The lowest BCUT2D eigenvalue weighted by Crippen LogP contribution is -2.27. The molecule has 1 amide bonds. The van der Waals surface area contributed by atoms with Crippen LogP contribution in [0.1, 0.15) is 16.8 Å². The number of benzene rings is 2. The summed E-state index contributed by atoms with van der Waals surface area (Å²) in [7, 11) is 3.59. The molecule has 0 bridgehead atoms. The van der Waals surface area contributed by atoms with Crippen molar-refractivity contribution in [2.75, 3.05) is 37.4 Å². The normalized spacial score (nSPS) is 10.2. The van der Waals surface area contributed by atoms with Crippen LogP contribution in [0.5, 0.6) is 0 Å². The second-order valence-electron chi connectivity index (χ2n) is 5.76. The number of hydrogen-bond donors (Lipinski definition) is 2. The van der Waals surface area contributed by atoms with Gasteiger partial charge in [-0.1, -0.05) is 18.2 Å². The van der Waals surface area contributed by atoms with Crippen molar-refractivity contribution in [3.63, 3.8) is 0 Å². The van der Waals surface area contributed by atoms with Gasteiger partial charge in [-0.15, -0.1) is 0 Å². The third-order valence-corrected chi connectivity index (χ3v) is 3.66. The molecule has 7 heteroatoms. The number of nitrogens with zero attached hydrogens (tertiary/aromatic N) is 2. The van der Waals surface area contributed by atoms with Crippen LogP contribution in [0.3, 0.4) is 0 Å². The van der Waals surface area contributed by atoms with Gasteiger partial charge in [0.05, 0.1) is 10.5 Å². The number of hydrogen-bond acceptors (Lipinski definition) is 5. The minimum absolute atomic E-state index is 0.0958. The maximum atomic E-state index is 12.4. The van der Waals surface area contributed by atoms with Crippen molar-refractivity contribution in [2.45, 2.75) is 6.42 Å². The van der Waals surface area contributed by atoms with Crippen LogP contribution in [-0.4, -0.2) is 38.0 Å². The molecule has 0 unspecified atom stereocenters. The van der Waals surface area contributed by atoms with E-state index in [1.54, 1.807) is 25.1 Å². The summed E-state index contributed by atoms with van der Waals surface area (Å²) in [5.74, 6) is -0.313. The molecule has 0 spiro atoms. The molecule has 2 N–H and O–H groups in total. The summed E-state index contributed by atoms with van der Waals surface area (Å²) in [4.78, 5) is 24.6. The Balaban J connectivity index is 1.91. The Morgan fingerprint density at radius 1 is 1.12 bits per heavy atom. The van der Waals surface area contributed by atoms with Gasteiger partial charge in [-0.2, -0.15) is 0 Å². The van der Waals surface area contributed by atoms with E-state index in [9.17, 15) is 14.9 Å². The lowest BCUT2D eigenvalue weighted by molar-refractivity contribution is -0.384. The zero-order chi connectivity index (χ0) is 18.2. The first-order valence-corrected chi connectivity index (χ1v) is 8.02. The standard InChI is InChI=1S/C18H22N4O3/c1-21(2)17-10-9-15(22(24)25)13-16(17)18(23)20-12-6-11-19-14-7-4-3-5-8-14/h3-5,7-10,13,19H,6,11-12H2,1-2H3,(H,20,23). The van der Waals surface area contributed by atoms with E-state index < -0.39 is 4.92 Å². The SMILES string of the molecule is CN(C)c1ccc([N+](=O)[O-])cc1C(=O)NCCCNc1ccccc1. The summed E-state index contributed by atoms with van der Waals surface area (Å²) in [5.41, 5.74) is 1.88. The van der Waals surface area contributed by atoms with Crippen LogP contribution in [0, 0.1) is 10.1 Å². The number of rotatable bonds is 8. The molecule has 7 nitrogen and oxygen atoms in total. The monoisotopic (exact) mass is 342 g/mol. The molecule has 0 aliphatic carbocycles. The van der Waals surface area contributed by atoms with Gasteiger partial charge in [-0.05, 0) is 24.6 Å². The molecule has 0 aliphatic rings. The predicted molar refractivity (Wildman–Crippen MR) is 99.3 cm³/mol. The van der Waals surface area contributed by atoms with Gasteiger partial charge in [0.1, 0.15) is 0 Å². The number of non-ortho nitro benzene ring substituents is 1. The van der Waals surface area contributed by atoms with E-state index >= 15 is 0 Å². The van der Waals surface area contributed by atoms with E-state index in [4.69, 9.17) is 0 Å². The van der Waals surface area contributed by atoms with Gasteiger partial charge in [0.2, 0.25) is 0 Å². The van der Waals surface area contributed by atoms with Crippen molar-refractivity contribution >= 4 is 23.0 Å². The molecule has 132 valence electrons. The quantitative estimate of drug-likeness (QED) is 0.437. The van der Waals surface area contributed by atoms with E-state index in [-0.39, 0.29) is 11.6 Å². The summed E-state index contributed by atoms with van der Waals surface area (Å²) in [5, 5.41) is 17.0. The van der Waals surface area contributed by atoms with Crippen molar-refractivity contribution in [3.05, 3.63) is 64.2 Å². The fourth-order valence-electron chi connectivity index (χ4n) is 2.38. The second kappa shape index (κ2) is 8.68. The first-order valence-electron chi connectivity index (χ1n) is 8.02. The van der Waals surface area contributed by atoms with Gasteiger partial charge in [0.15, 0.2) is 0 Å². The van der Waals surface area contributed by atoms with Crippen LogP contribution in [0.15, 0.2) is 48.5 Å². The van der Waals surface area contributed by atoms with Crippen molar-refractivity contribution in [1.29, 1.82) is 0 Å². The number of anilines is 2. The average Bonchev–Trinajstić information content (AvgIpc) is 2.61. The highest BCUT2D eigenvalue weighted by atomic mass is 16.6. The molecule has 2 rings (SSSR count). The second-order valence-corrected chi connectivity index (χ2v) is 5.76. The summed E-state index contributed by atoms with van der Waals surface area (Å²) in [6, 6.07) is 14.1. The van der Waals surface area contributed by atoms with Crippen LogP contribution in [-0.2, 0) is 0 Å². The zero-order valence-corrected chi connectivity index (χ0v) is 14.4. The molecular weight excluding hydrogens is 320 g/mol. The minimum atomic E-state index is -0.500. The summed E-state index contributed by atoms with van der Waals surface area (Å²) in [6.45, 7) is 1.20. The van der Waals surface area contributed by atoms with Crippen LogP contribution >= 0.6 is 0 Å². The Bertz CT molecular complexity index is 732. The van der Waals surface area contributed by atoms with Crippen LogP contribution in [0.25, 0.3) is 0 Å². The Morgan fingerprint density at radius 2 is 1.84 bits per heavy atom. The summed E-state index contributed by atoms with van der Waals surface area (Å²) in [6.07, 6.45) is 0.743. The molecule has 0 aliphatic heterocycles. The number of amides is 1. The van der Waals surface area contributed by atoms with Gasteiger partial charge < -0.3 is 15.5 Å². The van der Waals surface area contributed by atoms with Crippen LogP contribution < -0.4 is 15.5 Å². The largest absolute Gasteiger partial charge is 0.385 e.